The maximum atomic E-state index is 10.9. The quantitative estimate of drug-likeness (QED) is 0.505. The fraction of sp³-hybridized carbons (Fsp3) is 0.0714. The van der Waals surface area contributed by atoms with E-state index in [1.165, 1.54) is 12.1 Å². The molecule has 20 heavy (non-hydrogen) atoms. The number of nitrogens with zero attached hydrogens (tertiary/aromatic N) is 2. The lowest BCUT2D eigenvalue weighted by molar-refractivity contribution is -0.384. The molecule has 0 radical (unpaired) electrons. The Morgan fingerprint density at radius 3 is 2.80 bits per heavy atom. The first-order valence-electron chi connectivity index (χ1n) is 5.80. The monoisotopic (exact) mass is 269 g/mol. The molecule has 2 aromatic carbocycles. The lowest BCUT2D eigenvalue weighted by Crippen LogP contribution is -2.02. The van der Waals surface area contributed by atoms with Crippen LogP contribution in [0, 0.1) is 21.4 Å². The molecule has 6 heteroatoms. The largest absolute Gasteiger partial charge is 0.508 e. The predicted molar refractivity (Wildman–Crippen MR) is 73.2 cm³/mol. The Bertz CT molecular complexity index is 692. The molecule has 0 fully saturated rings. The number of anilines is 1. The molecule has 0 unspecified atom stereocenters. The molecule has 0 saturated heterocycles. The summed E-state index contributed by atoms with van der Waals surface area (Å²) >= 11 is 0. The van der Waals surface area contributed by atoms with Crippen LogP contribution >= 0.6 is 0 Å². The molecule has 2 N–H and O–H groups in total. The summed E-state index contributed by atoms with van der Waals surface area (Å²) in [6.07, 6.45) is 0. The maximum Gasteiger partial charge on any atom is 0.296 e. The zero-order chi connectivity index (χ0) is 14.5. The van der Waals surface area contributed by atoms with E-state index in [2.05, 4.69) is 5.32 Å². The molecule has 2 rings (SSSR count). The number of rotatable bonds is 4. The Morgan fingerprint density at radius 2 is 2.10 bits per heavy atom. The normalized spacial score (nSPS) is 9.75. The highest BCUT2D eigenvalue weighted by atomic mass is 16.6. The van der Waals surface area contributed by atoms with Crippen LogP contribution in [0.15, 0.2) is 42.5 Å². The number of hydrogen-bond acceptors (Lipinski definition) is 5. The Hall–Kier alpha value is -3.07. The third-order valence-electron chi connectivity index (χ3n) is 2.72. The van der Waals surface area contributed by atoms with Crippen LogP contribution in [0.3, 0.4) is 0 Å². The smallest absolute Gasteiger partial charge is 0.296 e. The number of nitro benzene ring substituents is 1. The molecule has 0 aromatic heterocycles. The van der Waals surface area contributed by atoms with Gasteiger partial charge < -0.3 is 10.4 Å². The van der Waals surface area contributed by atoms with Crippen molar-refractivity contribution < 1.29 is 10.0 Å². The Morgan fingerprint density at radius 1 is 1.30 bits per heavy atom. The van der Waals surface area contributed by atoms with Gasteiger partial charge in [-0.1, -0.05) is 12.1 Å². The molecule has 0 spiro atoms. The van der Waals surface area contributed by atoms with E-state index in [-0.39, 0.29) is 11.4 Å². The summed E-state index contributed by atoms with van der Waals surface area (Å²) in [5.74, 6) is -0.159. The van der Waals surface area contributed by atoms with Crippen molar-refractivity contribution in [2.75, 3.05) is 5.32 Å². The number of nitro groups is 1. The third kappa shape index (κ3) is 3.03. The zero-order valence-electron chi connectivity index (χ0n) is 10.4. The van der Waals surface area contributed by atoms with Gasteiger partial charge in [0.2, 0.25) is 0 Å². The minimum atomic E-state index is -0.562. The molecular formula is C14H11N3O3. The Labute approximate surface area is 115 Å². The SMILES string of the molecule is N#Cc1cccc(CNc2ccc(O)cc2[N+](=O)[O-])c1. The first-order valence-corrected chi connectivity index (χ1v) is 5.80. The van der Waals surface area contributed by atoms with Crippen molar-refractivity contribution in [3.63, 3.8) is 0 Å². The van der Waals surface area contributed by atoms with Gasteiger partial charge >= 0.3 is 0 Å². The average Bonchev–Trinajstić information content (AvgIpc) is 2.46. The van der Waals surface area contributed by atoms with Gasteiger partial charge in [-0.15, -0.1) is 0 Å². The number of aromatic hydroxyl groups is 1. The predicted octanol–water partition coefficient (Wildman–Crippen LogP) is 2.78. The summed E-state index contributed by atoms with van der Waals surface area (Å²) in [5.41, 5.74) is 1.49. The van der Waals surface area contributed by atoms with Crippen molar-refractivity contribution in [3.8, 4) is 11.8 Å². The van der Waals surface area contributed by atoms with Crippen LogP contribution in [0.1, 0.15) is 11.1 Å². The van der Waals surface area contributed by atoms with Crippen molar-refractivity contribution >= 4 is 11.4 Å². The van der Waals surface area contributed by atoms with Gasteiger partial charge in [-0.25, -0.2) is 0 Å². The van der Waals surface area contributed by atoms with Crippen LogP contribution in [0.2, 0.25) is 0 Å². The molecule has 0 saturated carbocycles. The van der Waals surface area contributed by atoms with E-state index in [9.17, 15) is 15.2 Å². The van der Waals surface area contributed by atoms with E-state index in [0.717, 1.165) is 11.6 Å². The van der Waals surface area contributed by atoms with Gasteiger partial charge in [0.05, 0.1) is 22.6 Å². The molecule has 6 nitrogen and oxygen atoms in total. The lowest BCUT2D eigenvalue weighted by atomic mass is 10.1. The molecule has 100 valence electrons. The van der Waals surface area contributed by atoms with Gasteiger partial charge in [0.15, 0.2) is 0 Å². The number of hydrogen-bond donors (Lipinski definition) is 2. The van der Waals surface area contributed by atoms with Gasteiger partial charge in [-0.2, -0.15) is 5.26 Å². The number of phenolic OH excluding ortho intramolecular Hbond substituents is 1. The fourth-order valence-electron chi connectivity index (χ4n) is 1.77. The van der Waals surface area contributed by atoms with Crippen LogP contribution in [-0.2, 0) is 6.54 Å². The number of phenols is 1. The first-order chi connectivity index (χ1) is 9.60. The van der Waals surface area contributed by atoms with Gasteiger partial charge in [0, 0.05) is 6.54 Å². The molecule has 0 heterocycles. The second-order valence-electron chi connectivity index (χ2n) is 4.12. The number of benzene rings is 2. The lowest BCUT2D eigenvalue weighted by Gasteiger charge is -2.07. The van der Waals surface area contributed by atoms with Crippen LogP contribution in [0.5, 0.6) is 5.75 Å². The second kappa shape index (κ2) is 5.71. The summed E-state index contributed by atoms with van der Waals surface area (Å²) in [5, 5.41) is 31.9. The van der Waals surface area contributed by atoms with E-state index >= 15 is 0 Å². The molecular weight excluding hydrogens is 258 g/mol. The van der Waals surface area contributed by atoms with Crippen LogP contribution in [-0.4, -0.2) is 10.0 Å². The molecule has 0 aliphatic carbocycles. The summed E-state index contributed by atoms with van der Waals surface area (Å²) in [6, 6.07) is 12.9. The van der Waals surface area contributed by atoms with E-state index < -0.39 is 4.92 Å². The highest BCUT2D eigenvalue weighted by Gasteiger charge is 2.14. The minimum Gasteiger partial charge on any atom is -0.508 e. The van der Waals surface area contributed by atoms with Gasteiger partial charge in [-0.05, 0) is 29.8 Å². The van der Waals surface area contributed by atoms with Gasteiger partial charge in [-0.3, -0.25) is 10.1 Å². The fourth-order valence-corrected chi connectivity index (χ4v) is 1.77. The van der Waals surface area contributed by atoms with Crippen molar-refractivity contribution in [2.24, 2.45) is 0 Å². The topological polar surface area (TPSA) is 99.2 Å². The van der Waals surface area contributed by atoms with Crippen molar-refractivity contribution in [1.29, 1.82) is 5.26 Å². The number of nitriles is 1. The highest BCUT2D eigenvalue weighted by Crippen LogP contribution is 2.28. The zero-order valence-corrected chi connectivity index (χ0v) is 10.4. The summed E-state index contributed by atoms with van der Waals surface area (Å²) in [7, 11) is 0. The van der Waals surface area contributed by atoms with E-state index in [4.69, 9.17) is 5.26 Å². The maximum absolute atomic E-state index is 10.9. The summed E-state index contributed by atoms with van der Waals surface area (Å²) < 4.78 is 0. The minimum absolute atomic E-state index is 0.159. The molecule has 0 amide bonds. The standard InChI is InChI=1S/C14H11N3O3/c15-8-10-2-1-3-11(6-10)9-16-13-5-4-12(18)7-14(13)17(19)20/h1-7,16,18H,9H2. The summed E-state index contributed by atoms with van der Waals surface area (Å²) in [6.45, 7) is 0.348. The van der Waals surface area contributed by atoms with Gasteiger partial charge in [0.25, 0.3) is 5.69 Å². The summed E-state index contributed by atoms with van der Waals surface area (Å²) in [4.78, 5) is 10.3. The molecule has 2 aromatic rings. The van der Waals surface area contributed by atoms with Crippen LogP contribution < -0.4 is 5.32 Å². The molecule has 0 aliphatic rings. The van der Waals surface area contributed by atoms with Crippen LogP contribution in [0.25, 0.3) is 0 Å². The van der Waals surface area contributed by atoms with Crippen LogP contribution in [0.4, 0.5) is 11.4 Å². The van der Waals surface area contributed by atoms with Crippen molar-refractivity contribution in [1.82, 2.24) is 0 Å². The van der Waals surface area contributed by atoms with E-state index in [0.29, 0.717) is 17.8 Å². The third-order valence-corrected chi connectivity index (χ3v) is 2.72. The number of nitrogens with one attached hydrogen (secondary N) is 1. The highest BCUT2D eigenvalue weighted by molar-refractivity contribution is 5.63. The van der Waals surface area contributed by atoms with E-state index in [1.807, 2.05) is 12.1 Å². The Kier molecular flexibility index (Phi) is 3.82. The second-order valence-corrected chi connectivity index (χ2v) is 4.12. The molecule has 0 atom stereocenters. The van der Waals surface area contributed by atoms with Crippen molar-refractivity contribution in [3.05, 3.63) is 63.7 Å². The van der Waals surface area contributed by atoms with E-state index in [1.54, 1.807) is 18.2 Å². The average molecular weight is 269 g/mol. The first kappa shape index (κ1) is 13.4. The Balaban J connectivity index is 2.19. The molecule has 0 bridgehead atoms. The van der Waals surface area contributed by atoms with Crippen molar-refractivity contribution in [2.45, 2.75) is 6.54 Å². The molecule has 0 aliphatic heterocycles. The van der Waals surface area contributed by atoms with Gasteiger partial charge in [0.1, 0.15) is 11.4 Å².